The van der Waals surface area contributed by atoms with Gasteiger partial charge in [-0.2, -0.15) is 0 Å². The van der Waals surface area contributed by atoms with E-state index >= 15 is 0 Å². The molecule has 3 aromatic rings. The molecular formula is C11H6Cl2N4. The van der Waals surface area contributed by atoms with Gasteiger partial charge >= 0.3 is 0 Å². The number of H-pyrrole nitrogens is 1. The van der Waals surface area contributed by atoms with Gasteiger partial charge in [0.25, 0.3) is 0 Å². The number of aromatic amines is 1. The van der Waals surface area contributed by atoms with E-state index in [0.29, 0.717) is 21.6 Å². The minimum Gasteiger partial charge on any atom is -0.337 e. The van der Waals surface area contributed by atoms with E-state index in [9.17, 15) is 0 Å². The Morgan fingerprint density at radius 2 is 1.88 bits per heavy atom. The highest BCUT2D eigenvalue weighted by Crippen LogP contribution is 2.28. The van der Waals surface area contributed by atoms with Crippen LogP contribution in [0.4, 0.5) is 0 Å². The minimum atomic E-state index is 0.483. The predicted octanol–water partition coefficient (Wildman–Crippen LogP) is 3.33. The summed E-state index contributed by atoms with van der Waals surface area (Å²) in [5.41, 5.74) is 2.25. The van der Waals surface area contributed by atoms with Crippen molar-refractivity contribution in [3.05, 3.63) is 40.8 Å². The van der Waals surface area contributed by atoms with Gasteiger partial charge in [-0.15, -0.1) is 0 Å². The van der Waals surface area contributed by atoms with Crippen molar-refractivity contribution in [2.24, 2.45) is 0 Å². The Morgan fingerprint density at radius 1 is 1.06 bits per heavy atom. The first-order valence-corrected chi connectivity index (χ1v) is 5.61. The number of hydrogen-bond acceptors (Lipinski definition) is 3. The van der Waals surface area contributed by atoms with Crippen molar-refractivity contribution in [2.75, 3.05) is 0 Å². The van der Waals surface area contributed by atoms with Gasteiger partial charge < -0.3 is 4.98 Å². The fraction of sp³-hybridized carbons (Fsp3) is 0. The Hall–Kier alpha value is -1.65. The molecule has 0 atom stereocenters. The molecule has 0 saturated carbocycles. The lowest BCUT2D eigenvalue weighted by atomic mass is 10.3. The molecule has 0 radical (unpaired) electrons. The van der Waals surface area contributed by atoms with Crippen LogP contribution in [0.2, 0.25) is 10.0 Å². The molecule has 0 fully saturated rings. The number of benzene rings is 1. The summed E-state index contributed by atoms with van der Waals surface area (Å²) in [6, 6.07) is 3.46. The first kappa shape index (κ1) is 10.5. The number of nitrogens with one attached hydrogen (secondary N) is 1. The van der Waals surface area contributed by atoms with E-state index < -0.39 is 0 Å². The third-order valence-corrected chi connectivity index (χ3v) is 3.05. The molecule has 0 bridgehead atoms. The van der Waals surface area contributed by atoms with E-state index in [-0.39, 0.29) is 0 Å². The molecule has 2 heterocycles. The minimum absolute atomic E-state index is 0.483. The normalized spacial score (nSPS) is 10.9. The average Bonchev–Trinajstić information content (AvgIpc) is 2.74. The third-order valence-electron chi connectivity index (χ3n) is 2.33. The lowest BCUT2D eigenvalue weighted by molar-refractivity contribution is 1.17. The van der Waals surface area contributed by atoms with Crippen molar-refractivity contribution in [2.45, 2.75) is 0 Å². The van der Waals surface area contributed by atoms with Crippen molar-refractivity contribution < 1.29 is 0 Å². The first-order valence-electron chi connectivity index (χ1n) is 4.85. The first-order chi connectivity index (χ1) is 8.24. The van der Waals surface area contributed by atoms with Gasteiger partial charge in [0, 0.05) is 12.4 Å². The summed E-state index contributed by atoms with van der Waals surface area (Å²) in [5.74, 6) is 0.645. The van der Waals surface area contributed by atoms with Crippen LogP contribution >= 0.6 is 23.2 Å². The molecule has 17 heavy (non-hydrogen) atoms. The molecule has 84 valence electrons. The van der Waals surface area contributed by atoms with Crippen molar-refractivity contribution in [1.82, 2.24) is 19.9 Å². The zero-order valence-electron chi connectivity index (χ0n) is 8.48. The van der Waals surface area contributed by atoms with Gasteiger partial charge in [0.1, 0.15) is 5.69 Å². The smallest absolute Gasteiger partial charge is 0.158 e. The van der Waals surface area contributed by atoms with E-state index in [0.717, 1.165) is 11.0 Å². The van der Waals surface area contributed by atoms with Gasteiger partial charge in [0.15, 0.2) is 5.82 Å². The molecule has 2 aromatic heterocycles. The van der Waals surface area contributed by atoms with Gasteiger partial charge in [-0.25, -0.2) is 9.97 Å². The molecule has 0 aliphatic carbocycles. The zero-order chi connectivity index (χ0) is 11.8. The topological polar surface area (TPSA) is 54.5 Å². The van der Waals surface area contributed by atoms with Gasteiger partial charge in [0.2, 0.25) is 0 Å². The summed E-state index contributed by atoms with van der Waals surface area (Å²) in [7, 11) is 0. The zero-order valence-corrected chi connectivity index (χ0v) is 10.00. The second-order valence-electron chi connectivity index (χ2n) is 3.46. The van der Waals surface area contributed by atoms with Crippen LogP contribution in [0.1, 0.15) is 0 Å². The average molecular weight is 265 g/mol. The maximum Gasteiger partial charge on any atom is 0.158 e. The van der Waals surface area contributed by atoms with Crippen LogP contribution in [0, 0.1) is 0 Å². The largest absolute Gasteiger partial charge is 0.337 e. The fourth-order valence-electron chi connectivity index (χ4n) is 1.55. The van der Waals surface area contributed by atoms with Crippen LogP contribution in [-0.4, -0.2) is 19.9 Å². The van der Waals surface area contributed by atoms with E-state index in [1.807, 2.05) is 0 Å². The number of aromatic nitrogens is 4. The molecule has 0 spiro atoms. The lowest BCUT2D eigenvalue weighted by Crippen LogP contribution is -1.85. The Labute approximate surface area is 107 Å². The molecular weight excluding hydrogens is 259 g/mol. The van der Waals surface area contributed by atoms with Crippen LogP contribution < -0.4 is 0 Å². The maximum atomic E-state index is 5.94. The number of rotatable bonds is 1. The second kappa shape index (κ2) is 3.98. The molecule has 3 rings (SSSR count). The summed E-state index contributed by atoms with van der Waals surface area (Å²) in [4.78, 5) is 15.7. The summed E-state index contributed by atoms with van der Waals surface area (Å²) >= 11 is 11.9. The quantitative estimate of drug-likeness (QED) is 0.734. The Bertz CT molecular complexity index is 640. The van der Waals surface area contributed by atoms with Crippen LogP contribution in [0.25, 0.3) is 22.6 Å². The van der Waals surface area contributed by atoms with Crippen LogP contribution in [-0.2, 0) is 0 Å². The molecule has 1 aromatic carbocycles. The number of hydrogen-bond donors (Lipinski definition) is 1. The highest BCUT2D eigenvalue weighted by Gasteiger charge is 2.08. The third kappa shape index (κ3) is 1.85. The molecule has 0 unspecified atom stereocenters. The van der Waals surface area contributed by atoms with E-state index in [2.05, 4.69) is 19.9 Å². The Balaban J connectivity index is 2.21. The second-order valence-corrected chi connectivity index (χ2v) is 4.27. The predicted molar refractivity (Wildman–Crippen MR) is 67.1 cm³/mol. The number of imidazole rings is 1. The molecule has 0 amide bonds. The Kier molecular flexibility index (Phi) is 2.46. The van der Waals surface area contributed by atoms with Crippen LogP contribution in [0.5, 0.6) is 0 Å². The summed E-state index contributed by atoms with van der Waals surface area (Å²) < 4.78 is 0. The highest BCUT2D eigenvalue weighted by molar-refractivity contribution is 6.42. The van der Waals surface area contributed by atoms with Crippen molar-refractivity contribution in [3.8, 4) is 11.5 Å². The molecule has 4 nitrogen and oxygen atoms in total. The van der Waals surface area contributed by atoms with Crippen LogP contribution in [0.15, 0.2) is 30.7 Å². The van der Waals surface area contributed by atoms with Crippen molar-refractivity contribution in [3.63, 3.8) is 0 Å². The number of fused-ring (bicyclic) bond motifs is 1. The highest BCUT2D eigenvalue weighted by atomic mass is 35.5. The molecule has 1 N–H and O–H groups in total. The number of halogens is 2. The van der Waals surface area contributed by atoms with Gasteiger partial charge in [-0.05, 0) is 12.1 Å². The van der Waals surface area contributed by atoms with Crippen LogP contribution in [0.3, 0.4) is 0 Å². The summed E-state index contributed by atoms with van der Waals surface area (Å²) in [6.07, 6.45) is 4.86. The van der Waals surface area contributed by atoms with E-state index in [1.54, 1.807) is 30.7 Å². The Morgan fingerprint density at radius 3 is 2.65 bits per heavy atom. The van der Waals surface area contributed by atoms with Gasteiger partial charge in [0.05, 0.1) is 27.3 Å². The van der Waals surface area contributed by atoms with Gasteiger partial charge in [-0.3, -0.25) is 4.98 Å². The molecule has 0 aliphatic rings. The van der Waals surface area contributed by atoms with E-state index in [4.69, 9.17) is 23.2 Å². The van der Waals surface area contributed by atoms with Crippen molar-refractivity contribution >= 4 is 34.2 Å². The summed E-state index contributed by atoms with van der Waals surface area (Å²) in [5, 5.41) is 0.977. The van der Waals surface area contributed by atoms with E-state index in [1.165, 1.54) is 0 Å². The monoisotopic (exact) mass is 264 g/mol. The number of nitrogens with zero attached hydrogens (tertiary/aromatic N) is 3. The van der Waals surface area contributed by atoms with Gasteiger partial charge in [-0.1, -0.05) is 23.2 Å². The molecule has 0 saturated heterocycles. The standard InChI is InChI=1S/C11H6Cl2N4/c12-6-3-8-9(4-7(6)13)17-11(16-8)10-5-14-1-2-15-10/h1-5H,(H,16,17). The molecule has 0 aliphatic heterocycles. The summed E-state index contributed by atoms with van der Waals surface area (Å²) in [6.45, 7) is 0. The lowest BCUT2D eigenvalue weighted by Gasteiger charge is -1.93. The fourth-order valence-corrected chi connectivity index (χ4v) is 1.87. The SMILES string of the molecule is Clc1cc2nc(-c3cnccn3)[nH]c2cc1Cl. The molecule has 6 heteroatoms. The van der Waals surface area contributed by atoms with Crippen molar-refractivity contribution in [1.29, 1.82) is 0 Å². The maximum absolute atomic E-state index is 5.94.